The van der Waals surface area contributed by atoms with E-state index in [1.165, 1.54) is 58.0 Å². The Hall–Kier alpha value is -0.370. The van der Waals surface area contributed by atoms with Gasteiger partial charge in [-0.15, -0.1) is 0 Å². The number of rotatable bonds is 1. The molecule has 0 aromatic heterocycles. The van der Waals surface area contributed by atoms with E-state index >= 15 is 0 Å². The molecule has 0 radical (unpaired) electrons. The summed E-state index contributed by atoms with van der Waals surface area (Å²) >= 11 is 0. The molecule has 0 amide bonds. The SMILES string of the molecule is O=C1CCCC(N2CCC3(CCCC3)CC2)C1. The monoisotopic (exact) mass is 235 g/mol. The van der Waals surface area contributed by atoms with E-state index in [4.69, 9.17) is 0 Å². The van der Waals surface area contributed by atoms with Crippen molar-refractivity contribution in [2.75, 3.05) is 13.1 Å². The summed E-state index contributed by atoms with van der Waals surface area (Å²) < 4.78 is 0. The van der Waals surface area contributed by atoms with Gasteiger partial charge in [-0.1, -0.05) is 12.8 Å². The fraction of sp³-hybridized carbons (Fsp3) is 0.933. The zero-order valence-corrected chi connectivity index (χ0v) is 10.9. The molecular weight excluding hydrogens is 210 g/mol. The lowest BCUT2D eigenvalue weighted by Crippen LogP contribution is -2.46. The first-order valence-corrected chi connectivity index (χ1v) is 7.53. The smallest absolute Gasteiger partial charge is 0.134 e. The molecule has 0 aromatic rings. The van der Waals surface area contributed by atoms with Crippen LogP contribution in [0.2, 0.25) is 0 Å². The third kappa shape index (κ3) is 2.42. The third-order valence-corrected chi connectivity index (χ3v) is 5.50. The summed E-state index contributed by atoms with van der Waals surface area (Å²) in [4.78, 5) is 14.2. The second kappa shape index (κ2) is 4.72. The number of carbonyl (C=O) groups is 1. The number of hydrogen-bond acceptors (Lipinski definition) is 2. The van der Waals surface area contributed by atoms with Crippen molar-refractivity contribution >= 4 is 5.78 Å². The fourth-order valence-electron chi connectivity index (χ4n) is 4.30. The Morgan fingerprint density at radius 1 is 1.00 bits per heavy atom. The van der Waals surface area contributed by atoms with Crippen molar-refractivity contribution in [2.45, 2.75) is 70.3 Å². The zero-order valence-electron chi connectivity index (χ0n) is 10.9. The molecule has 3 fully saturated rings. The quantitative estimate of drug-likeness (QED) is 0.696. The molecule has 2 heteroatoms. The molecule has 0 aromatic carbocycles. The van der Waals surface area contributed by atoms with Crippen LogP contribution in [0.1, 0.15) is 64.2 Å². The molecular formula is C15H25NO. The van der Waals surface area contributed by atoms with Crippen molar-refractivity contribution in [3.05, 3.63) is 0 Å². The lowest BCUT2D eigenvalue weighted by molar-refractivity contribution is -0.122. The van der Waals surface area contributed by atoms with Crippen LogP contribution in [0.25, 0.3) is 0 Å². The normalized spacial score (nSPS) is 34.4. The number of Topliss-reactive ketones (excluding diaryl/α,β-unsaturated/α-hetero) is 1. The summed E-state index contributed by atoms with van der Waals surface area (Å²) in [5.74, 6) is 0.502. The van der Waals surface area contributed by atoms with Gasteiger partial charge in [0.15, 0.2) is 0 Å². The molecule has 2 nitrogen and oxygen atoms in total. The van der Waals surface area contributed by atoms with Gasteiger partial charge in [0.05, 0.1) is 0 Å². The van der Waals surface area contributed by atoms with Crippen molar-refractivity contribution in [1.29, 1.82) is 0 Å². The number of ketones is 1. The number of hydrogen-bond donors (Lipinski definition) is 0. The molecule has 1 atom stereocenters. The van der Waals surface area contributed by atoms with Gasteiger partial charge in [0.2, 0.25) is 0 Å². The summed E-state index contributed by atoms with van der Waals surface area (Å²) in [5.41, 5.74) is 0.717. The molecule has 0 bridgehead atoms. The number of piperidine rings is 1. The molecule has 2 aliphatic carbocycles. The van der Waals surface area contributed by atoms with Gasteiger partial charge in [0, 0.05) is 18.9 Å². The molecule has 96 valence electrons. The van der Waals surface area contributed by atoms with E-state index in [1.807, 2.05) is 0 Å². The van der Waals surface area contributed by atoms with E-state index in [0.717, 1.165) is 24.7 Å². The maximum absolute atomic E-state index is 11.5. The molecule has 2 saturated carbocycles. The van der Waals surface area contributed by atoms with Gasteiger partial charge in [-0.2, -0.15) is 0 Å². The van der Waals surface area contributed by atoms with Crippen LogP contribution in [0.3, 0.4) is 0 Å². The van der Waals surface area contributed by atoms with Crippen molar-refractivity contribution in [2.24, 2.45) is 5.41 Å². The van der Waals surface area contributed by atoms with Gasteiger partial charge < -0.3 is 0 Å². The predicted octanol–water partition coefficient (Wildman–Crippen LogP) is 3.15. The largest absolute Gasteiger partial charge is 0.300 e. The van der Waals surface area contributed by atoms with E-state index in [0.29, 0.717) is 11.8 Å². The average molecular weight is 235 g/mol. The van der Waals surface area contributed by atoms with E-state index in [-0.39, 0.29) is 0 Å². The molecule has 17 heavy (non-hydrogen) atoms. The van der Waals surface area contributed by atoms with Crippen LogP contribution >= 0.6 is 0 Å². The number of nitrogens with zero attached hydrogens (tertiary/aromatic N) is 1. The summed E-state index contributed by atoms with van der Waals surface area (Å²) in [7, 11) is 0. The Morgan fingerprint density at radius 3 is 2.35 bits per heavy atom. The molecule has 0 N–H and O–H groups in total. The molecule has 1 heterocycles. The van der Waals surface area contributed by atoms with Gasteiger partial charge >= 0.3 is 0 Å². The van der Waals surface area contributed by atoms with Gasteiger partial charge in [-0.3, -0.25) is 9.69 Å². The lowest BCUT2D eigenvalue weighted by atomic mass is 9.76. The average Bonchev–Trinajstić information content (AvgIpc) is 2.79. The molecule has 3 rings (SSSR count). The van der Waals surface area contributed by atoms with Gasteiger partial charge in [-0.05, 0) is 57.0 Å². The Morgan fingerprint density at radius 2 is 1.71 bits per heavy atom. The standard InChI is InChI=1S/C15H25NO/c17-14-5-3-4-13(12-14)16-10-8-15(9-11-16)6-1-2-7-15/h13H,1-12H2. The maximum atomic E-state index is 11.5. The van der Waals surface area contributed by atoms with Gasteiger partial charge in [0.1, 0.15) is 5.78 Å². The first-order valence-electron chi connectivity index (χ1n) is 7.53. The first-order chi connectivity index (χ1) is 8.27. The Labute approximate surface area is 105 Å². The number of carbonyl (C=O) groups excluding carboxylic acids is 1. The van der Waals surface area contributed by atoms with E-state index in [2.05, 4.69) is 4.90 Å². The summed E-state index contributed by atoms with van der Waals surface area (Å²) in [6.07, 6.45) is 12.7. The highest BCUT2D eigenvalue weighted by atomic mass is 16.1. The van der Waals surface area contributed by atoms with Crippen molar-refractivity contribution in [3.63, 3.8) is 0 Å². The lowest BCUT2D eigenvalue weighted by Gasteiger charge is -2.43. The second-order valence-electron chi connectivity index (χ2n) is 6.53. The highest BCUT2D eigenvalue weighted by Gasteiger charge is 2.38. The topological polar surface area (TPSA) is 20.3 Å². The predicted molar refractivity (Wildman–Crippen MR) is 69.0 cm³/mol. The molecule has 1 aliphatic heterocycles. The van der Waals surface area contributed by atoms with Gasteiger partial charge in [0.25, 0.3) is 0 Å². The minimum atomic E-state index is 0.502. The van der Waals surface area contributed by atoms with Crippen LogP contribution in [-0.2, 0) is 4.79 Å². The van der Waals surface area contributed by atoms with E-state index in [9.17, 15) is 4.79 Å². The van der Waals surface area contributed by atoms with E-state index in [1.54, 1.807) is 0 Å². The van der Waals surface area contributed by atoms with Crippen molar-refractivity contribution in [1.82, 2.24) is 4.90 Å². The second-order valence-corrected chi connectivity index (χ2v) is 6.53. The summed E-state index contributed by atoms with van der Waals surface area (Å²) in [5, 5.41) is 0. The Kier molecular flexibility index (Phi) is 3.25. The van der Waals surface area contributed by atoms with Crippen LogP contribution in [0, 0.1) is 5.41 Å². The van der Waals surface area contributed by atoms with Crippen molar-refractivity contribution < 1.29 is 4.79 Å². The molecule has 1 unspecified atom stereocenters. The van der Waals surface area contributed by atoms with Crippen LogP contribution < -0.4 is 0 Å². The van der Waals surface area contributed by atoms with E-state index < -0.39 is 0 Å². The van der Waals surface area contributed by atoms with Crippen LogP contribution in [0.4, 0.5) is 0 Å². The third-order valence-electron chi connectivity index (χ3n) is 5.50. The zero-order chi connectivity index (χ0) is 11.7. The van der Waals surface area contributed by atoms with Crippen LogP contribution in [0.15, 0.2) is 0 Å². The summed E-state index contributed by atoms with van der Waals surface area (Å²) in [6, 6.07) is 0.593. The Bertz CT molecular complexity index is 283. The van der Waals surface area contributed by atoms with Gasteiger partial charge in [-0.25, -0.2) is 0 Å². The minimum absolute atomic E-state index is 0.502. The van der Waals surface area contributed by atoms with Crippen LogP contribution in [-0.4, -0.2) is 29.8 Å². The first kappa shape index (κ1) is 11.7. The fourth-order valence-corrected chi connectivity index (χ4v) is 4.30. The minimum Gasteiger partial charge on any atom is -0.300 e. The molecule has 1 saturated heterocycles. The number of likely N-dealkylation sites (tertiary alicyclic amines) is 1. The highest BCUT2D eigenvalue weighted by molar-refractivity contribution is 5.79. The van der Waals surface area contributed by atoms with Crippen LogP contribution in [0.5, 0.6) is 0 Å². The highest BCUT2D eigenvalue weighted by Crippen LogP contribution is 2.46. The summed E-state index contributed by atoms with van der Waals surface area (Å²) in [6.45, 7) is 2.52. The van der Waals surface area contributed by atoms with Crippen molar-refractivity contribution in [3.8, 4) is 0 Å². The Balaban J connectivity index is 1.55. The molecule has 1 spiro atoms. The maximum Gasteiger partial charge on any atom is 0.134 e. The molecule has 3 aliphatic rings.